The van der Waals surface area contributed by atoms with Crippen molar-refractivity contribution in [2.75, 3.05) is 0 Å². The van der Waals surface area contributed by atoms with Gasteiger partial charge in [0, 0.05) is 42.7 Å². The van der Waals surface area contributed by atoms with E-state index in [0.29, 0.717) is 17.8 Å². The van der Waals surface area contributed by atoms with Gasteiger partial charge in [0.1, 0.15) is 0 Å². The van der Waals surface area contributed by atoms with Crippen LogP contribution >= 0.6 is 0 Å². The van der Waals surface area contributed by atoms with Crippen LogP contribution in [0.25, 0.3) is 10.9 Å². The van der Waals surface area contributed by atoms with E-state index in [4.69, 9.17) is 0 Å². The number of aromatic nitrogens is 1. The summed E-state index contributed by atoms with van der Waals surface area (Å²) in [4.78, 5) is 0. The molecule has 4 atom stereocenters. The molecule has 2 aliphatic rings. The Morgan fingerprint density at radius 3 is 2.34 bits per heavy atom. The molecule has 5 rings (SSSR count). The predicted molar refractivity (Wildman–Crippen MR) is 108 cm³/mol. The van der Waals surface area contributed by atoms with Crippen LogP contribution < -0.4 is 4.57 Å². The van der Waals surface area contributed by atoms with Gasteiger partial charge in [0.05, 0.1) is 5.56 Å². The van der Waals surface area contributed by atoms with E-state index in [-0.39, 0.29) is 11.5 Å². The van der Waals surface area contributed by atoms with Crippen molar-refractivity contribution < 1.29 is 17.7 Å². The number of halogens is 3. The Kier molecular flexibility index (Phi) is 3.90. The van der Waals surface area contributed by atoms with Gasteiger partial charge in [-0.15, -0.1) is 0 Å². The van der Waals surface area contributed by atoms with Crippen LogP contribution in [0.1, 0.15) is 55.7 Å². The van der Waals surface area contributed by atoms with E-state index < -0.39 is 11.7 Å². The Labute approximate surface area is 169 Å². The van der Waals surface area contributed by atoms with Crippen LogP contribution in [0.5, 0.6) is 0 Å². The highest BCUT2D eigenvalue weighted by molar-refractivity contribution is 5.80. The molecule has 1 fully saturated rings. The van der Waals surface area contributed by atoms with E-state index >= 15 is 0 Å². The van der Waals surface area contributed by atoms with Crippen molar-refractivity contribution in [1.82, 2.24) is 0 Å². The number of rotatable bonds is 1. The Bertz CT molecular complexity index is 1080. The quantitative estimate of drug-likeness (QED) is 0.418. The van der Waals surface area contributed by atoms with Crippen LogP contribution in [0.15, 0.2) is 60.8 Å². The smallest absolute Gasteiger partial charge is 0.193 e. The second kappa shape index (κ2) is 6.07. The van der Waals surface area contributed by atoms with Crippen molar-refractivity contribution >= 4 is 10.9 Å². The van der Waals surface area contributed by atoms with Gasteiger partial charge in [-0.05, 0) is 48.1 Å². The molecule has 29 heavy (non-hydrogen) atoms. The molecule has 2 aromatic carbocycles. The molecule has 1 saturated carbocycles. The van der Waals surface area contributed by atoms with E-state index in [9.17, 15) is 13.2 Å². The molecule has 1 nitrogen and oxygen atoms in total. The molecule has 0 radical (unpaired) electrons. The predicted octanol–water partition coefficient (Wildman–Crippen LogP) is 6.42. The fraction of sp³-hybridized carbons (Fsp3) is 0.400. The van der Waals surface area contributed by atoms with Gasteiger partial charge in [-0.2, -0.15) is 17.7 Å². The Balaban J connectivity index is 1.60. The third kappa shape index (κ3) is 2.64. The molecule has 1 aliphatic carbocycles. The number of hydrogen-bond donors (Lipinski definition) is 0. The summed E-state index contributed by atoms with van der Waals surface area (Å²) >= 11 is 0. The average Bonchev–Trinajstić information content (AvgIpc) is 3.04. The van der Waals surface area contributed by atoms with E-state index in [0.717, 1.165) is 12.0 Å². The first kappa shape index (κ1) is 18.7. The highest BCUT2D eigenvalue weighted by Crippen LogP contribution is 2.58. The summed E-state index contributed by atoms with van der Waals surface area (Å²) in [5.41, 5.74) is 3.10. The van der Waals surface area contributed by atoms with Crippen LogP contribution in [-0.4, -0.2) is 0 Å². The summed E-state index contributed by atoms with van der Waals surface area (Å²) in [5.74, 6) is 1.48. The lowest BCUT2D eigenvalue weighted by atomic mass is 9.71. The van der Waals surface area contributed by atoms with E-state index in [1.807, 2.05) is 0 Å². The topological polar surface area (TPSA) is 3.88 Å². The standard InChI is InChI=1S/C25H25F3N/c1-15-20(16-9-11-18(12-10-16)25(26,27)28)14-21-22(15)19-8-4-6-17-7-5-13-29(23(17)19)24(21,2)3/h4-13,15,20-22H,14H2,1-3H3/q+1. The summed E-state index contributed by atoms with van der Waals surface area (Å²) < 4.78 is 41.4. The molecular formula is C25H25F3N+. The maximum atomic E-state index is 13.0. The summed E-state index contributed by atoms with van der Waals surface area (Å²) in [7, 11) is 0. The van der Waals surface area contributed by atoms with Crippen LogP contribution in [-0.2, 0) is 11.7 Å². The number of para-hydroxylation sites is 1. The highest BCUT2D eigenvalue weighted by atomic mass is 19.4. The number of fused-ring (bicyclic) bond motifs is 2. The minimum atomic E-state index is -4.29. The molecular weight excluding hydrogens is 371 g/mol. The molecule has 2 heterocycles. The second-order valence-electron chi connectivity index (χ2n) is 9.27. The van der Waals surface area contributed by atoms with Gasteiger partial charge in [0.2, 0.25) is 5.52 Å². The van der Waals surface area contributed by atoms with Crippen LogP contribution in [0.4, 0.5) is 13.2 Å². The number of benzene rings is 2. The highest BCUT2D eigenvalue weighted by Gasteiger charge is 2.56. The van der Waals surface area contributed by atoms with Crippen LogP contribution in [0.2, 0.25) is 0 Å². The molecule has 4 unspecified atom stereocenters. The van der Waals surface area contributed by atoms with Gasteiger partial charge in [0.25, 0.3) is 0 Å². The molecule has 1 aromatic heterocycles. The number of nitrogens with zero attached hydrogens (tertiary/aromatic N) is 1. The van der Waals surface area contributed by atoms with Crippen molar-refractivity contribution in [3.63, 3.8) is 0 Å². The summed E-state index contributed by atoms with van der Waals surface area (Å²) in [6.07, 6.45) is -1.12. The first-order valence-corrected chi connectivity index (χ1v) is 10.3. The van der Waals surface area contributed by atoms with Crippen molar-refractivity contribution in [3.05, 3.63) is 77.5 Å². The third-order valence-electron chi connectivity index (χ3n) is 7.55. The van der Waals surface area contributed by atoms with E-state index in [1.165, 1.54) is 28.6 Å². The fourth-order valence-corrected chi connectivity index (χ4v) is 6.07. The lowest BCUT2D eigenvalue weighted by Crippen LogP contribution is -2.60. The van der Waals surface area contributed by atoms with Gasteiger partial charge in [-0.3, -0.25) is 0 Å². The number of alkyl halides is 3. The Morgan fingerprint density at radius 2 is 1.66 bits per heavy atom. The molecule has 0 amide bonds. The van der Waals surface area contributed by atoms with Crippen molar-refractivity contribution in [3.8, 4) is 0 Å². The van der Waals surface area contributed by atoms with E-state index in [2.05, 4.69) is 61.9 Å². The molecule has 0 N–H and O–H groups in total. The summed E-state index contributed by atoms with van der Waals surface area (Å²) in [6.45, 7) is 6.89. The lowest BCUT2D eigenvalue weighted by molar-refractivity contribution is -0.747. The van der Waals surface area contributed by atoms with Gasteiger partial charge >= 0.3 is 6.18 Å². The van der Waals surface area contributed by atoms with Crippen LogP contribution in [0.3, 0.4) is 0 Å². The zero-order valence-electron chi connectivity index (χ0n) is 16.9. The molecule has 0 saturated heterocycles. The Morgan fingerprint density at radius 1 is 0.966 bits per heavy atom. The maximum Gasteiger partial charge on any atom is 0.416 e. The van der Waals surface area contributed by atoms with Crippen molar-refractivity contribution in [1.29, 1.82) is 0 Å². The minimum absolute atomic E-state index is 0.0482. The molecule has 0 bridgehead atoms. The van der Waals surface area contributed by atoms with Gasteiger partial charge in [0.15, 0.2) is 11.7 Å². The average molecular weight is 396 g/mol. The first-order valence-electron chi connectivity index (χ1n) is 10.3. The zero-order valence-corrected chi connectivity index (χ0v) is 16.9. The molecule has 150 valence electrons. The van der Waals surface area contributed by atoms with Gasteiger partial charge in [-0.1, -0.05) is 31.2 Å². The lowest BCUT2D eigenvalue weighted by Gasteiger charge is -2.37. The fourth-order valence-electron chi connectivity index (χ4n) is 6.07. The van der Waals surface area contributed by atoms with Crippen molar-refractivity contribution in [2.45, 2.75) is 50.7 Å². The van der Waals surface area contributed by atoms with Gasteiger partial charge in [-0.25, -0.2) is 0 Å². The maximum absolute atomic E-state index is 13.0. The molecule has 1 aliphatic heterocycles. The molecule has 4 heteroatoms. The summed E-state index contributed by atoms with van der Waals surface area (Å²) in [5, 5.41) is 1.25. The third-order valence-corrected chi connectivity index (χ3v) is 7.55. The van der Waals surface area contributed by atoms with Crippen LogP contribution in [0, 0.1) is 11.8 Å². The minimum Gasteiger partial charge on any atom is -0.193 e. The SMILES string of the molecule is CC1C(c2ccc(C(F)(F)F)cc2)CC2C1c1cccc3ccc[n+](c13)C2(C)C. The largest absolute Gasteiger partial charge is 0.416 e. The number of hydrogen-bond acceptors (Lipinski definition) is 0. The molecule has 3 aromatic rings. The first-order chi connectivity index (χ1) is 13.7. The molecule has 0 spiro atoms. The Hall–Kier alpha value is -2.36. The van der Waals surface area contributed by atoms with Gasteiger partial charge < -0.3 is 0 Å². The summed E-state index contributed by atoms with van der Waals surface area (Å²) in [6, 6.07) is 16.7. The second-order valence-corrected chi connectivity index (χ2v) is 9.27. The van der Waals surface area contributed by atoms with Crippen molar-refractivity contribution in [2.24, 2.45) is 11.8 Å². The van der Waals surface area contributed by atoms with E-state index in [1.54, 1.807) is 12.1 Å². The zero-order chi connectivity index (χ0) is 20.6. The monoisotopic (exact) mass is 396 g/mol. The normalized spacial score (nSPS) is 27.8. The number of pyridine rings is 1.